The van der Waals surface area contributed by atoms with Gasteiger partial charge in [-0.1, -0.05) is 30.7 Å². The first kappa shape index (κ1) is 18.6. The van der Waals surface area contributed by atoms with Gasteiger partial charge in [0.1, 0.15) is 0 Å². The van der Waals surface area contributed by atoms with Gasteiger partial charge in [0, 0.05) is 36.5 Å². The van der Waals surface area contributed by atoms with E-state index >= 15 is 0 Å². The van der Waals surface area contributed by atoms with Crippen LogP contribution in [0, 0.1) is 17.8 Å². The number of amides is 3. The number of likely N-dealkylation sites (tertiary alicyclic amines) is 1. The molecule has 2 N–H and O–H groups in total. The Morgan fingerprint density at radius 1 is 1.30 bits per heavy atom. The smallest absolute Gasteiger partial charge is 0.318 e. The minimum Gasteiger partial charge on any atom is -0.356 e. The Kier molecular flexibility index (Phi) is 5.31. The van der Waals surface area contributed by atoms with E-state index in [1.54, 1.807) is 0 Å². The molecule has 4 rings (SSSR count). The minimum absolute atomic E-state index is 0.0121. The van der Waals surface area contributed by atoms with Gasteiger partial charge in [-0.2, -0.15) is 0 Å². The number of urea groups is 1. The normalized spacial score (nSPS) is 31.3. The molecular formula is C21H28ClN3O2. The number of carbonyl (C=O) groups is 2. The molecule has 5 atom stereocenters. The summed E-state index contributed by atoms with van der Waals surface area (Å²) in [5.74, 6) is 1.45. The maximum Gasteiger partial charge on any atom is 0.318 e. The standard InChI is InChI=1S/C21H28ClN3O2/c1-13-10-17(13)20(14-5-7-16(22)8-6-14)24-21(27)25-9-3-2-4-18(25)15-11-19(26)23-12-15/h5-8,13,15,17-18,20H,2-4,9-12H2,1H3,(H,23,26)(H,24,27). The Balaban J connectivity index is 1.49. The van der Waals surface area contributed by atoms with Crippen molar-refractivity contribution in [2.45, 2.75) is 51.1 Å². The van der Waals surface area contributed by atoms with E-state index in [1.807, 2.05) is 29.2 Å². The van der Waals surface area contributed by atoms with E-state index in [2.05, 4.69) is 17.6 Å². The molecule has 2 aliphatic heterocycles. The fourth-order valence-corrected chi connectivity index (χ4v) is 4.86. The van der Waals surface area contributed by atoms with Crippen molar-refractivity contribution in [1.29, 1.82) is 0 Å². The molecule has 1 saturated carbocycles. The lowest BCUT2D eigenvalue weighted by Crippen LogP contribution is -2.52. The van der Waals surface area contributed by atoms with Gasteiger partial charge < -0.3 is 15.5 Å². The molecule has 5 unspecified atom stereocenters. The number of carbonyl (C=O) groups excluding carboxylic acids is 2. The zero-order chi connectivity index (χ0) is 19.0. The number of rotatable bonds is 4. The predicted octanol–water partition coefficient (Wildman–Crippen LogP) is 3.74. The maximum atomic E-state index is 13.2. The van der Waals surface area contributed by atoms with Gasteiger partial charge in [-0.25, -0.2) is 4.79 Å². The van der Waals surface area contributed by atoms with E-state index in [0.29, 0.717) is 29.8 Å². The number of hydrogen-bond donors (Lipinski definition) is 2. The van der Waals surface area contributed by atoms with Crippen molar-refractivity contribution in [3.05, 3.63) is 34.9 Å². The molecule has 1 aromatic rings. The van der Waals surface area contributed by atoms with Gasteiger partial charge in [0.2, 0.25) is 5.91 Å². The summed E-state index contributed by atoms with van der Waals surface area (Å²) >= 11 is 6.04. The zero-order valence-electron chi connectivity index (χ0n) is 15.8. The molecule has 3 fully saturated rings. The summed E-state index contributed by atoms with van der Waals surface area (Å²) in [4.78, 5) is 26.9. The van der Waals surface area contributed by atoms with Gasteiger partial charge >= 0.3 is 6.03 Å². The van der Waals surface area contributed by atoms with Crippen molar-refractivity contribution >= 4 is 23.5 Å². The van der Waals surface area contributed by atoms with Crippen molar-refractivity contribution in [3.63, 3.8) is 0 Å². The van der Waals surface area contributed by atoms with Crippen LogP contribution in [0.4, 0.5) is 4.79 Å². The van der Waals surface area contributed by atoms with Crippen LogP contribution in [-0.2, 0) is 4.79 Å². The van der Waals surface area contributed by atoms with Crippen molar-refractivity contribution in [2.75, 3.05) is 13.1 Å². The number of halogens is 1. The third-order valence-electron chi connectivity index (χ3n) is 6.47. The van der Waals surface area contributed by atoms with E-state index in [4.69, 9.17) is 11.6 Å². The highest BCUT2D eigenvalue weighted by atomic mass is 35.5. The molecule has 5 nitrogen and oxygen atoms in total. The molecule has 2 saturated heterocycles. The monoisotopic (exact) mass is 389 g/mol. The van der Waals surface area contributed by atoms with Crippen LogP contribution >= 0.6 is 11.6 Å². The summed E-state index contributed by atoms with van der Waals surface area (Å²) in [7, 11) is 0. The first-order valence-electron chi connectivity index (χ1n) is 10.1. The quantitative estimate of drug-likeness (QED) is 0.824. The highest BCUT2D eigenvalue weighted by molar-refractivity contribution is 6.30. The first-order chi connectivity index (χ1) is 13.0. The highest BCUT2D eigenvalue weighted by Gasteiger charge is 2.43. The lowest BCUT2D eigenvalue weighted by atomic mass is 9.89. The predicted molar refractivity (Wildman–Crippen MR) is 105 cm³/mol. The summed E-state index contributed by atoms with van der Waals surface area (Å²) in [5.41, 5.74) is 1.12. The summed E-state index contributed by atoms with van der Waals surface area (Å²) in [6.45, 7) is 3.70. The van der Waals surface area contributed by atoms with Crippen molar-refractivity contribution in [1.82, 2.24) is 15.5 Å². The van der Waals surface area contributed by atoms with E-state index in [9.17, 15) is 9.59 Å². The molecule has 0 radical (unpaired) electrons. The van der Waals surface area contributed by atoms with Crippen LogP contribution in [-0.4, -0.2) is 36.0 Å². The van der Waals surface area contributed by atoms with Gasteiger partial charge in [0.15, 0.2) is 0 Å². The molecule has 27 heavy (non-hydrogen) atoms. The van der Waals surface area contributed by atoms with E-state index in [-0.39, 0.29) is 29.9 Å². The SMILES string of the molecule is CC1CC1C(NC(=O)N1CCCCC1C1CNC(=O)C1)c1ccc(Cl)cc1. The van der Waals surface area contributed by atoms with E-state index in [1.165, 1.54) is 0 Å². The van der Waals surface area contributed by atoms with Crippen molar-refractivity contribution in [2.24, 2.45) is 17.8 Å². The fourth-order valence-electron chi connectivity index (χ4n) is 4.74. The van der Waals surface area contributed by atoms with E-state index < -0.39 is 0 Å². The van der Waals surface area contributed by atoms with Crippen LogP contribution in [0.3, 0.4) is 0 Å². The number of hydrogen-bond acceptors (Lipinski definition) is 2. The largest absolute Gasteiger partial charge is 0.356 e. The second-order valence-corrected chi connectivity index (χ2v) is 8.82. The Morgan fingerprint density at radius 2 is 2.04 bits per heavy atom. The number of nitrogens with one attached hydrogen (secondary N) is 2. The Bertz CT molecular complexity index is 708. The second kappa shape index (κ2) is 7.70. The lowest BCUT2D eigenvalue weighted by molar-refractivity contribution is -0.119. The summed E-state index contributed by atoms with van der Waals surface area (Å²) < 4.78 is 0. The Morgan fingerprint density at radius 3 is 2.67 bits per heavy atom. The highest BCUT2D eigenvalue weighted by Crippen LogP contribution is 2.47. The van der Waals surface area contributed by atoms with Gasteiger partial charge in [-0.05, 0) is 55.2 Å². The third kappa shape index (κ3) is 4.08. The summed E-state index contributed by atoms with van der Waals surface area (Å²) in [6.07, 6.45) is 4.81. The molecule has 1 aromatic carbocycles. The molecule has 2 heterocycles. The molecule has 3 amide bonds. The average Bonchev–Trinajstić information content (AvgIpc) is 3.23. The van der Waals surface area contributed by atoms with Crippen LogP contribution in [0.2, 0.25) is 5.02 Å². The van der Waals surface area contributed by atoms with Gasteiger partial charge in [-0.3, -0.25) is 4.79 Å². The van der Waals surface area contributed by atoms with Gasteiger partial charge in [0.05, 0.1) is 6.04 Å². The van der Waals surface area contributed by atoms with Gasteiger partial charge in [0.25, 0.3) is 0 Å². The fraction of sp³-hybridized carbons (Fsp3) is 0.619. The molecule has 6 heteroatoms. The Labute approximate surface area is 165 Å². The second-order valence-electron chi connectivity index (χ2n) is 8.38. The molecule has 146 valence electrons. The molecule has 1 aliphatic carbocycles. The average molecular weight is 390 g/mol. The zero-order valence-corrected chi connectivity index (χ0v) is 16.5. The molecule has 3 aliphatic rings. The minimum atomic E-state index is 0.0121. The lowest BCUT2D eigenvalue weighted by Gasteiger charge is -2.39. The van der Waals surface area contributed by atoms with Crippen LogP contribution in [0.5, 0.6) is 0 Å². The topological polar surface area (TPSA) is 61.4 Å². The molecular weight excluding hydrogens is 362 g/mol. The maximum absolute atomic E-state index is 13.2. The summed E-state index contributed by atoms with van der Waals surface area (Å²) in [5, 5.41) is 6.95. The summed E-state index contributed by atoms with van der Waals surface area (Å²) in [6, 6.07) is 8.01. The third-order valence-corrected chi connectivity index (χ3v) is 6.72. The number of nitrogens with zero attached hydrogens (tertiary/aromatic N) is 1. The number of benzene rings is 1. The number of piperidine rings is 1. The Hall–Kier alpha value is -1.75. The van der Waals surface area contributed by atoms with Gasteiger partial charge in [-0.15, -0.1) is 0 Å². The molecule has 0 aromatic heterocycles. The van der Waals surface area contributed by atoms with Crippen LogP contribution < -0.4 is 10.6 Å². The molecule has 0 spiro atoms. The van der Waals surface area contributed by atoms with Crippen molar-refractivity contribution in [3.8, 4) is 0 Å². The van der Waals surface area contributed by atoms with Crippen LogP contribution in [0.1, 0.15) is 50.6 Å². The first-order valence-corrected chi connectivity index (χ1v) is 10.5. The van der Waals surface area contributed by atoms with Crippen LogP contribution in [0.15, 0.2) is 24.3 Å². The van der Waals surface area contributed by atoms with E-state index in [0.717, 1.165) is 37.8 Å². The van der Waals surface area contributed by atoms with Crippen LogP contribution in [0.25, 0.3) is 0 Å². The van der Waals surface area contributed by atoms with Crippen molar-refractivity contribution < 1.29 is 9.59 Å². The molecule has 0 bridgehead atoms.